The van der Waals surface area contributed by atoms with Crippen molar-refractivity contribution in [1.29, 1.82) is 5.26 Å². The minimum absolute atomic E-state index is 0.200. The lowest BCUT2D eigenvalue weighted by Crippen LogP contribution is -1.93. The van der Waals surface area contributed by atoms with E-state index >= 15 is 0 Å². The maximum Gasteiger partial charge on any atom is 0.239 e. The molecule has 0 saturated carbocycles. The maximum atomic E-state index is 9.40. The summed E-state index contributed by atoms with van der Waals surface area (Å²) in [6.45, 7) is 1.86. The first-order valence-corrected chi connectivity index (χ1v) is 6.70. The van der Waals surface area contributed by atoms with Crippen LogP contribution in [-0.4, -0.2) is 10.1 Å². The van der Waals surface area contributed by atoms with E-state index in [2.05, 4.69) is 16.4 Å². The quantitative estimate of drug-likeness (QED) is 0.566. The van der Waals surface area contributed by atoms with Crippen LogP contribution in [0.15, 0.2) is 53.1 Å². The summed E-state index contributed by atoms with van der Waals surface area (Å²) >= 11 is 0. The van der Waals surface area contributed by atoms with Gasteiger partial charge in [0.15, 0.2) is 5.58 Å². The van der Waals surface area contributed by atoms with Crippen LogP contribution in [-0.2, 0) is 0 Å². The molecule has 0 aliphatic carbocycles. The summed E-state index contributed by atoms with van der Waals surface area (Å²) in [4.78, 5) is 4.30. The van der Waals surface area contributed by atoms with Crippen LogP contribution in [0.5, 0.6) is 5.75 Å². The van der Waals surface area contributed by atoms with Gasteiger partial charge in [-0.3, -0.25) is 0 Å². The Hall–Kier alpha value is -3.26. The lowest BCUT2D eigenvalue weighted by Gasteiger charge is -2.05. The van der Waals surface area contributed by atoms with Crippen molar-refractivity contribution in [2.45, 2.75) is 6.92 Å². The Morgan fingerprint density at radius 2 is 2.14 bits per heavy atom. The van der Waals surface area contributed by atoms with E-state index in [0.29, 0.717) is 16.7 Å². The molecule has 2 aromatic carbocycles. The highest BCUT2D eigenvalue weighted by molar-refractivity contribution is 5.80. The van der Waals surface area contributed by atoms with Crippen molar-refractivity contribution < 1.29 is 9.52 Å². The molecule has 0 saturated heterocycles. The monoisotopic (exact) mass is 291 g/mol. The summed E-state index contributed by atoms with van der Waals surface area (Å²) in [5.74, 6) is 0.471. The highest BCUT2D eigenvalue weighted by atomic mass is 16.3. The maximum absolute atomic E-state index is 9.40. The van der Waals surface area contributed by atoms with Gasteiger partial charge in [-0.2, -0.15) is 5.26 Å². The van der Waals surface area contributed by atoms with Gasteiger partial charge in [0.25, 0.3) is 0 Å². The van der Waals surface area contributed by atoms with Gasteiger partial charge in [-0.25, -0.2) is 4.98 Å². The molecule has 0 aliphatic heterocycles. The van der Waals surface area contributed by atoms with Crippen LogP contribution in [0.25, 0.3) is 16.7 Å². The molecule has 22 heavy (non-hydrogen) atoms. The standard InChI is InChI=1S/C17H13N3O2/c1-11-8-13(21)6-7-14(11)19-10-12(9-18)17-20-15-4-2-3-5-16(15)22-17/h2-8,10,19,21H,1H3/b12-10+. The molecule has 0 bridgehead atoms. The number of nitrogens with zero attached hydrogens (tertiary/aromatic N) is 2. The van der Waals surface area contributed by atoms with Gasteiger partial charge in [-0.15, -0.1) is 0 Å². The molecular weight excluding hydrogens is 278 g/mol. The predicted octanol–water partition coefficient (Wildman–Crippen LogP) is 3.82. The average Bonchev–Trinajstić information content (AvgIpc) is 2.93. The third-order valence-electron chi connectivity index (χ3n) is 3.23. The van der Waals surface area contributed by atoms with Crippen molar-refractivity contribution in [3.63, 3.8) is 0 Å². The van der Waals surface area contributed by atoms with E-state index in [-0.39, 0.29) is 11.6 Å². The summed E-state index contributed by atoms with van der Waals surface area (Å²) in [7, 11) is 0. The number of phenols is 1. The van der Waals surface area contributed by atoms with E-state index in [4.69, 9.17) is 4.42 Å². The number of aromatic hydroxyl groups is 1. The van der Waals surface area contributed by atoms with Crippen LogP contribution < -0.4 is 5.32 Å². The molecular formula is C17H13N3O2. The smallest absolute Gasteiger partial charge is 0.239 e. The Bertz CT molecular complexity index is 871. The van der Waals surface area contributed by atoms with Crippen molar-refractivity contribution in [3.05, 3.63) is 60.1 Å². The van der Waals surface area contributed by atoms with Crippen LogP contribution in [0.1, 0.15) is 11.5 Å². The van der Waals surface area contributed by atoms with Gasteiger partial charge in [0.05, 0.1) is 0 Å². The first kappa shape index (κ1) is 13.7. The molecule has 0 unspecified atom stereocenters. The van der Waals surface area contributed by atoms with Gasteiger partial charge in [0, 0.05) is 11.9 Å². The van der Waals surface area contributed by atoms with Crippen molar-refractivity contribution in [2.24, 2.45) is 0 Å². The number of fused-ring (bicyclic) bond motifs is 1. The van der Waals surface area contributed by atoms with E-state index in [0.717, 1.165) is 11.3 Å². The number of oxazole rings is 1. The molecule has 5 heteroatoms. The molecule has 1 aromatic heterocycles. The number of nitrogens with one attached hydrogen (secondary N) is 1. The van der Waals surface area contributed by atoms with Crippen LogP contribution >= 0.6 is 0 Å². The minimum Gasteiger partial charge on any atom is -0.508 e. The second-order valence-electron chi connectivity index (χ2n) is 4.80. The fourth-order valence-corrected chi connectivity index (χ4v) is 2.09. The molecule has 0 amide bonds. The molecule has 1 heterocycles. The highest BCUT2D eigenvalue weighted by Gasteiger charge is 2.10. The molecule has 5 nitrogen and oxygen atoms in total. The molecule has 108 valence electrons. The molecule has 3 rings (SSSR count). The van der Waals surface area contributed by atoms with Crippen LogP contribution in [0.3, 0.4) is 0 Å². The number of nitriles is 1. The first-order chi connectivity index (χ1) is 10.7. The molecule has 0 radical (unpaired) electrons. The molecule has 0 atom stereocenters. The molecule has 0 fully saturated rings. The zero-order chi connectivity index (χ0) is 15.5. The number of benzene rings is 2. The summed E-state index contributed by atoms with van der Waals surface area (Å²) in [5, 5.41) is 21.7. The summed E-state index contributed by atoms with van der Waals surface area (Å²) in [6.07, 6.45) is 1.55. The second-order valence-corrected chi connectivity index (χ2v) is 4.80. The minimum atomic E-state index is 0.200. The number of phenolic OH excluding ortho intramolecular Hbond substituents is 1. The van der Waals surface area contributed by atoms with E-state index in [1.54, 1.807) is 30.5 Å². The summed E-state index contributed by atoms with van der Waals surface area (Å²) < 4.78 is 5.58. The number of hydrogen-bond acceptors (Lipinski definition) is 5. The Labute approximate surface area is 127 Å². The SMILES string of the molecule is Cc1cc(O)ccc1N/C=C(\C#N)c1nc2ccccc2o1. The van der Waals surface area contributed by atoms with Gasteiger partial charge in [-0.1, -0.05) is 12.1 Å². The number of aromatic nitrogens is 1. The Kier molecular flexibility index (Phi) is 3.50. The Morgan fingerprint density at radius 1 is 1.32 bits per heavy atom. The van der Waals surface area contributed by atoms with Crippen molar-refractivity contribution in [3.8, 4) is 11.8 Å². The number of para-hydroxylation sites is 2. The van der Waals surface area contributed by atoms with Crippen molar-refractivity contribution in [1.82, 2.24) is 4.98 Å². The van der Waals surface area contributed by atoms with Crippen LogP contribution in [0.2, 0.25) is 0 Å². The van der Waals surface area contributed by atoms with Gasteiger partial charge < -0.3 is 14.8 Å². The van der Waals surface area contributed by atoms with Crippen molar-refractivity contribution >= 4 is 22.4 Å². The highest BCUT2D eigenvalue weighted by Crippen LogP contribution is 2.23. The molecule has 2 N–H and O–H groups in total. The van der Waals surface area contributed by atoms with Gasteiger partial charge in [0.1, 0.15) is 22.9 Å². The fraction of sp³-hybridized carbons (Fsp3) is 0.0588. The van der Waals surface area contributed by atoms with Crippen LogP contribution in [0.4, 0.5) is 5.69 Å². The average molecular weight is 291 g/mol. The molecule has 0 spiro atoms. The topological polar surface area (TPSA) is 82.1 Å². The molecule has 3 aromatic rings. The first-order valence-electron chi connectivity index (χ1n) is 6.70. The normalized spacial score (nSPS) is 11.4. The Balaban J connectivity index is 1.91. The third-order valence-corrected chi connectivity index (χ3v) is 3.23. The lowest BCUT2D eigenvalue weighted by atomic mass is 10.2. The van der Waals surface area contributed by atoms with E-state index in [1.807, 2.05) is 25.1 Å². The largest absolute Gasteiger partial charge is 0.508 e. The van der Waals surface area contributed by atoms with E-state index in [1.165, 1.54) is 0 Å². The zero-order valence-corrected chi connectivity index (χ0v) is 11.9. The number of aryl methyl sites for hydroxylation is 1. The zero-order valence-electron chi connectivity index (χ0n) is 11.9. The van der Waals surface area contributed by atoms with E-state index < -0.39 is 0 Å². The molecule has 0 aliphatic rings. The number of allylic oxidation sites excluding steroid dienone is 1. The third kappa shape index (κ3) is 2.63. The predicted molar refractivity (Wildman–Crippen MR) is 84.1 cm³/mol. The number of hydrogen-bond donors (Lipinski definition) is 2. The van der Waals surface area contributed by atoms with Gasteiger partial charge in [0.2, 0.25) is 5.89 Å². The Morgan fingerprint density at radius 3 is 2.86 bits per heavy atom. The lowest BCUT2D eigenvalue weighted by molar-refractivity contribution is 0.475. The van der Waals surface area contributed by atoms with Crippen molar-refractivity contribution in [2.75, 3.05) is 5.32 Å². The van der Waals surface area contributed by atoms with Crippen LogP contribution in [0, 0.1) is 18.3 Å². The number of rotatable bonds is 3. The number of anilines is 1. The van der Waals surface area contributed by atoms with Gasteiger partial charge in [-0.05, 0) is 42.8 Å². The summed E-state index contributed by atoms with van der Waals surface area (Å²) in [5.41, 5.74) is 3.30. The second kappa shape index (κ2) is 5.62. The van der Waals surface area contributed by atoms with Gasteiger partial charge >= 0.3 is 0 Å². The summed E-state index contributed by atoms with van der Waals surface area (Å²) in [6, 6.07) is 14.4. The fourth-order valence-electron chi connectivity index (χ4n) is 2.09. The van der Waals surface area contributed by atoms with E-state index in [9.17, 15) is 10.4 Å².